The zero-order valence-electron chi connectivity index (χ0n) is 9.96. The molecule has 4 nitrogen and oxygen atoms in total. The maximum absolute atomic E-state index is 13.3. The third-order valence-electron chi connectivity index (χ3n) is 2.78. The number of hydrogen-bond acceptors (Lipinski definition) is 2. The second kappa shape index (κ2) is 5.35. The Morgan fingerprint density at radius 3 is 2.61 bits per heavy atom. The zero-order chi connectivity index (χ0) is 13.9. The van der Waals surface area contributed by atoms with E-state index in [0.717, 1.165) is 0 Å². The summed E-state index contributed by atoms with van der Waals surface area (Å²) in [5.74, 6) is -2.59. The molecule has 0 spiro atoms. The molecule has 0 aromatic heterocycles. The molecule has 0 saturated heterocycles. The van der Waals surface area contributed by atoms with Crippen molar-refractivity contribution in [1.29, 1.82) is 0 Å². The summed E-state index contributed by atoms with van der Waals surface area (Å²) in [4.78, 5) is 22.9. The topological polar surface area (TPSA) is 66.4 Å². The van der Waals surface area contributed by atoms with Crippen molar-refractivity contribution < 1.29 is 19.1 Å². The van der Waals surface area contributed by atoms with Crippen molar-refractivity contribution in [2.45, 2.75) is 13.3 Å². The SMILES string of the molecule is CNC(=O)C(C)(Cc1cccc(F)c1Cl)C(=O)O. The summed E-state index contributed by atoms with van der Waals surface area (Å²) in [6.45, 7) is 1.27. The molecule has 0 saturated carbocycles. The summed E-state index contributed by atoms with van der Waals surface area (Å²) in [6, 6.07) is 4.09. The van der Waals surface area contributed by atoms with Gasteiger partial charge in [-0.2, -0.15) is 0 Å². The molecule has 1 rings (SSSR count). The quantitative estimate of drug-likeness (QED) is 0.823. The van der Waals surface area contributed by atoms with Crippen LogP contribution in [0.4, 0.5) is 4.39 Å². The Labute approximate surface area is 109 Å². The van der Waals surface area contributed by atoms with Crippen LogP contribution in [0.3, 0.4) is 0 Å². The van der Waals surface area contributed by atoms with Crippen LogP contribution in [0.15, 0.2) is 18.2 Å². The van der Waals surface area contributed by atoms with Crippen LogP contribution in [0.1, 0.15) is 12.5 Å². The van der Waals surface area contributed by atoms with Gasteiger partial charge >= 0.3 is 5.97 Å². The summed E-state index contributed by atoms with van der Waals surface area (Å²) in [5, 5.41) is 11.3. The maximum atomic E-state index is 13.3. The Balaban J connectivity index is 3.16. The average molecular weight is 274 g/mol. The van der Waals surface area contributed by atoms with Crippen LogP contribution < -0.4 is 5.32 Å². The number of hydrogen-bond donors (Lipinski definition) is 2. The Morgan fingerprint density at radius 1 is 1.50 bits per heavy atom. The molecule has 98 valence electrons. The van der Waals surface area contributed by atoms with Crippen molar-refractivity contribution in [2.24, 2.45) is 5.41 Å². The molecule has 1 unspecified atom stereocenters. The van der Waals surface area contributed by atoms with Gasteiger partial charge < -0.3 is 10.4 Å². The van der Waals surface area contributed by atoms with E-state index in [2.05, 4.69) is 5.32 Å². The lowest BCUT2D eigenvalue weighted by atomic mass is 9.82. The van der Waals surface area contributed by atoms with Crippen molar-refractivity contribution >= 4 is 23.5 Å². The molecule has 0 fully saturated rings. The fourth-order valence-corrected chi connectivity index (χ4v) is 1.79. The number of carbonyl (C=O) groups excluding carboxylic acids is 1. The van der Waals surface area contributed by atoms with Crippen molar-refractivity contribution in [3.05, 3.63) is 34.6 Å². The maximum Gasteiger partial charge on any atom is 0.319 e. The van der Waals surface area contributed by atoms with Gasteiger partial charge in [-0.25, -0.2) is 4.39 Å². The van der Waals surface area contributed by atoms with E-state index in [4.69, 9.17) is 16.7 Å². The number of amides is 1. The van der Waals surface area contributed by atoms with E-state index in [1.54, 1.807) is 0 Å². The van der Waals surface area contributed by atoms with Crippen LogP contribution in [0.5, 0.6) is 0 Å². The van der Waals surface area contributed by atoms with Crippen LogP contribution in [-0.2, 0) is 16.0 Å². The zero-order valence-corrected chi connectivity index (χ0v) is 10.7. The lowest BCUT2D eigenvalue weighted by Gasteiger charge is -2.23. The number of rotatable bonds is 4. The summed E-state index contributed by atoms with van der Waals surface area (Å²) < 4.78 is 13.3. The van der Waals surface area contributed by atoms with Gasteiger partial charge in [-0.15, -0.1) is 0 Å². The first-order valence-electron chi connectivity index (χ1n) is 5.21. The first-order valence-corrected chi connectivity index (χ1v) is 5.59. The van der Waals surface area contributed by atoms with Gasteiger partial charge in [-0.3, -0.25) is 9.59 Å². The molecule has 0 radical (unpaired) electrons. The molecule has 6 heteroatoms. The number of carbonyl (C=O) groups is 2. The Bertz CT molecular complexity index is 492. The molecule has 0 aliphatic heterocycles. The van der Waals surface area contributed by atoms with Crippen molar-refractivity contribution in [2.75, 3.05) is 7.05 Å². The first-order chi connectivity index (χ1) is 8.32. The van der Waals surface area contributed by atoms with E-state index in [1.165, 1.54) is 32.2 Å². The van der Waals surface area contributed by atoms with E-state index in [9.17, 15) is 14.0 Å². The lowest BCUT2D eigenvalue weighted by Crippen LogP contribution is -2.44. The van der Waals surface area contributed by atoms with Gasteiger partial charge in [0.2, 0.25) is 5.91 Å². The number of nitrogens with one attached hydrogen (secondary N) is 1. The third kappa shape index (κ3) is 2.61. The minimum absolute atomic E-state index is 0.158. The Morgan fingerprint density at radius 2 is 2.11 bits per heavy atom. The highest BCUT2D eigenvalue weighted by Crippen LogP contribution is 2.29. The van der Waals surface area contributed by atoms with E-state index in [0.29, 0.717) is 0 Å². The van der Waals surface area contributed by atoms with E-state index in [-0.39, 0.29) is 17.0 Å². The fraction of sp³-hybridized carbons (Fsp3) is 0.333. The molecule has 1 aromatic carbocycles. The normalized spacial score (nSPS) is 13.8. The van der Waals surface area contributed by atoms with Gasteiger partial charge in [0.05, 0.1) is 5.02 Å². The molecule has 1 atom stereocenters. The summed E-state index contributed by atoms with van der Waals surface area (Å²) in [5.41, 5.74) is -1.41. The van der Waals surface area contributed by atoms with E-state index < -0.39 is 23.1 Å². The van der Waals surface area contributed by atoms with Crippen LogP contribution >= 0.6 is 11.6 Å². The van der Waals surface area contributed by atoms with Crippen molar-refractivity contribution in [3.63, 3.8) is 0 Å². The van der Waals surface area contributed by atoms with Gasteiger partial charge in [0.15, 0.2) is 0 Å². The number of benzene rings is 1. The number of aliphatic carboxylic acids is 1. The molecule has 0 aliphatic carbocycles. The highest BCUT2D eigenvalue weighted by Gasteiger charge is 2.41. The Kier molecular flexibility index (Phi) is 4.29. The van der Waals surface area contributed by atoms with Crippen LogP contribution in [0.25, 0.3) is 0 Å². The molecule has 1 aromatic rings. The molecule has 2 N–H and O–H groups in total. The Hall–Kier alpha value is -1.62. The van der Waals surface area contributed by atoms with Crippen molar-refractivity contribution in [1.82, 2.24) is 5.32 Å². The molecule has 0 aliphatic rings. The van der Waals surface area contributed by atoms with Gasteiger partial charge in [0.1, 0.15) is 11.2 Å². The van der Waals surface area contributed by atoms with Gasteiger partial charge in [-0.1, -0.05) is 23.7 Å². The van der Waals surface area contributed by atoms with Crippen LogP contribution in [-0.4, -0.2) is 24.0 Å². The standard InChI is InChI=1S/C12H13ClFNO3/c1-12(11(17)18,10(16)15-2)6-7-4-3-5-8(14)9(7)13/h3-5H,6H2,1-2H3,(H,15,16)(H,17,18). The highest BCUT2D eigenvalue weighted by atomic mass is 35.5. The lowest BCUT2D eigenvalue weighted by molar-refractivity contribution is -0.154. The predicted molar refractivity (Wildman–Crippen MR) is 64.9 cm³/mol. The number of halogens is 2. The van der Waals surface area contributed by atoms with Gasteiger partial charge in [0.25, 0.3) is 0 Å². The van der Waals surface area contributed by atoms with Gasteiger partial charge in [0, 0.05) is 7.05 Å². The van der Waals surface area contributed by atoms with Gasteiger partial charge in [-0.05, 0) is 25.0 Å². The summed E-state index contributed by atoms with van der Waals surface area (Å²) in [6.07, 6.45) is -0.182. The second-order valence-corrected chi connectivity index (χ2v) is 4.48. The minimum atomic E-state index is -1.69. The molecule has 18 heavy (non-hydrogen) atoms. The van der Waals surface area contributed by atoms with Crippen LogP contribution in [0.2, 0.25) is 5.02 Å². The average Bonchev–Trinajstić information content (AvgIpc) is 2.33. The molecular weight excluding hydrogens is 261 g/mol. The molecule has 1 amide bonds. The highest BCUT2D eigenvalue weighted by molar-refractivity contribution is 6.31. The first kappa shape index (κ1) is 14.4. The fourth-order valence-electron chi connectivity index (χ4n) is 1.59. The predicted octanol–water partition coefficient (Wildman–Crippen LogP) is 1.86. The third-order valence-corrected chi connectivity index (χ3v) is 3.20. The second-order valence-electron chi connectivity index (χ2n) is 4.11. The molecule has 0 heterocycles. The monoisotopic (exact) mass is 273 g/mol. The number of carboxylic acid groups (broad SMARTS) is 1. The minimum Gasteiger partial charge on any atom is -0.480 e. The van der Waals surface area contributed by atoms with E-state index >= 15 is 0 Å². The van der Waals surface area contributed by atoms with Crippen molar-refractivity contribution in [3.8, 4) is 0 Å². The molecular formula is C12H13ClFNO3. The number of carboxylic acids is 1. The molecule has 0 bridgehead atoms. The summed E-state index contributed by atoms with van der Waals surface area (Å²) in [7, 11) is 1.34. The summed E-state index contributed by atoms with van der Waals surface area (Å²) >= 11 is 5.75. The smallest absolute Gasteiger partial charge is 0.319 e. The van der Waals surface area contributed by atoms with E-state index in [1.807, 2.05) is 0 Å². The largest absolute Gasteiger partial charge is 0.480 e. The van der Waals surface area contributed by atoms with Crippen LogP contribution in [0, 0.1) is 11.2 Å².